The molecule has 1 atom stereocenters. The van der Waals surface area contributed by atoms with Crippen molar-refractivity contribution in [2.24, 2.45) is 5.73 Å². The predicted octanol–water partition coefficient (Wildman–Crippen LogP) is 1.91. The molecule has 1 aromatic heterocycles. The number of aromatic nitrogens is 4. The minimum atomic E-state index is -0.492. The first-order chi connectivity index (χ1) is 12.5. The summed E-state index contributed by atoms with van der Waals surface area (Å²) in [5, 5.41) is 15.0. The van der Waals surface area contributed by atoms with Gasteiger partial charge in [0.25, 0.3) is 0 Å². The highest BCUT2D eigenvalue weighted by molar-refractivity contribution is 5.93. The van der Waals surface area contributed by atoms with E-state index in [9.17, 15) is 9.59 Å². The molecular formula is C18H26N6O2. The van der Waals surface area contributed by atoms with Crippen molar-refractivity contribution in [3.63, 3.8) is 0 Å². The Labute approximate surface area is 153 Å². The topological polar surface area (TPSA) is 116 Å². The highest BCUT2D eigenvalue weighted by atomic mass is 16.2. The molecular weight excluding hydrogens is 332 g/mol. The predicted molar refractivity (Wildman–Crippen MR) is 98.1 cm³/mol. The average molecular weight is 358 g/mol. The molecule has 8 nitrogen and oxygen atoms in total. The number of carbonyl (C=O) groups excluding carboxylic acids is 2. The van der Waals surface area contributed by atoms with Crippen molar-refractivity contribution < 1.29 is 9.59 Å². The summed E-state index contributed by atoms with van der Waals surface area (Å²) in [6, 6.07) is 6.72. The van der Waals surface area contributed by atoms with Crippen molar-refractivity contribution in [1.82, 2.24) is 25.5 Å². The van der Waals surface area contributed by atoms with Crippen LogP contribution < -0.4 is 11.1 Å². The Morgan fingerprint density at radius 3 is 2.58 bits per heavy atom. The first-order valence-corrected chi connectivity index (χ1v) is 8.97. The lowest BCUT2D eigenvalue weighted by Crippen LogP contribution is -2.35. The van der Waals surface area contributed by atoms with Gasteiger partial charge in [0.2, 0.25) is 17.6 Å². The van der Waals surface area contributed by atoms with Crippen molar-refractivity contribution in [3.8, 4) is 11.4 Å². The Morgan fingerprint density at radius 1 is 1.19 bits per heavy atom. The van der Waals surface area contributed by atoms with E-state index in [1.165, 1.54) is 24.1 Å². The first kappa shape index (κ1) is 19.6. The molecule has 140 valence electrons. The van der Waals surface area contributed by atoms with Crippen molar-refractivity contribution >= 4 is 11.8 Å². The van der Waals surface area contributed by atoms with E-state index >= 15 is 0 Å². The van der Waals surface area contributed by atoms with Gasteiger partial charge in [0, 0.05) is 17.2 Å². The van der Waals surface area contributed by atoms with Crippen LogP contribution >= 0.6 is 0 Å². The molecule has 3 N–H and O–H groups in total. The van der Waals surface area contributed by atoms with Crippen LogP contribution in [0.4, 0.5) is 0 Å². The number of nitrogens with zero attached hydrogens (tertiary/aromatic N) is 4. The molecule has 2 aromatic rings. The third kappa shape index (κ3) is 5.94. The van der Waals surface area contributed by atoms with Gasteiger partial charge in [0.15, 0.2) is 0 Å². The number of rotatable bonds is 10. The fourth-order valence-electron chi connectivity index (χ4n) is 2.61. The first-order valence-electron chi connectivity index (χ1n) is 8.97. The number of nitrogens with one attached hydrogen (secondary N) is 1. The molecule has 2 rings (SSSR count). The Balaban J connectivity index is 1.85. The van der Waals surface area contributed by atoms with E-state index in [2.05, 4.69) is 27.7 Å². The molecule has 0 saturated heterocycles. The fraction of sp³-hybridized carbons (Fsp3) is 0.500. The van der Waals surface area contributed by atoms with Crippen LogP contribution in [0.15, 0.2) is 24.3 Å². The maximum atomic E-state index is 12.1. The number of carbonyl (C=O) groups is 2. The van der Waals surface area contributed by atoms with Gasteiger partial charge in [-0.3, -0.25) is 9.59 Å². The lowest BCUT2D eigenvalue weighted by atomic mass is 10.1. The zero-order chi connectivity index (χ0) is 18.9. The second-order valence-corrected chi connectivity index (χ2v) is 6.40. The zero-order valence-corrected chi connectivity index (χ0v) is 15.3. The van der Waals surface area contributed by atoms with Crippen LogP contribution in [0.5, 0.6) is 0 Å². The second-order valence-electron chi connectivity index (χ2n) is 6.40. The van der Waals surface area contributed by atoms with Gasteiger partial charge in [-0.05, 0) is 30.7 Å². The maximum absolute atomic E-state index is 12.1. The number of unbranched alkanes of at least 4 members (excludes halogenated alkanes) is 3. The van der Waals surface area contributed by atoms with Gasteiger partial charge in [-0.15, -0.1) is 10.2 Å². The quantitative estimate of drug-likeness (QED) is 0.629. The molecule has 26 heavy (non-hydrogen) atoms. The monoisotopic (exact) mass is 358 g/mol. The number of hydrogen-bond acceptors (Lipinski definition) is 5. The summed E-state index contributed by atoms with van der Waals surface area (Å²) in [7, 11) is 0. The average Bonchev–Trinajstić information content (AvgIpc) is 3.07. The van der Waals surface area contributed by atoms with Crippen LogP contribution in [0.2, 0.25) is 0 Å². The summed E-state index contributed by atoms with van der Waals surface area (Å²) < 4.78 is 0. The van der Waals surface area contributed by atoms with E-state index in [1.54, 1.807) is 24.3 Å². The van der Waals surface area contributed by atoms with E-state index in [1.807, 2.05) is 6.92 Å². The van der Waals surface area contributed by atoms with Crippen molar-refractivity contribution in [3.05, 3.63) is 29.8 Å². The van der Waals surface area contributed by atoms with Gasteiger partial charge in [-0.2, -0.15) is 4.80 Å². The minimum Gasteiger partial charge on any atom is -0.366 e. The SMILES string of the molecule is CCCCCC[C@H](C)NC(=O)Cn1nnc(-c2ccc(C(N)=O)cc2)n1. The maximum Gasteiger partial charge on any atom is 0.248 e. The number of amides is 2. The van der Waals surface area contributed by atoms with Crippen LogP contribution in [0.3, 0.4) is 0 Å². The molecule has 1 aromatic carbocycles. The van der Waals surface area contributed by atoms with Crippen LogP contribution in [0.1, 0.15) is 56.3 Å². The molecule has 0 unspecified atom stereocenters. The van der Waals surface area contributed by atoms with Crippen LogP contribution in [0, 0.1) is 0 Å². The molecule has 0 aliphatic carbocycles. The number of tetrazole rings is 1. The molecule has 8 heteroatoms. The summed E-state index contributed by atoms with van der Waals surface area (Å²) in [5.74, 6) is -0.240. The Kier molecular flexibility index (Phi) is 7.25. The zero-order valence-electron chi connectivity index (χ0n) is 15.3. The van der Waals surface area contributed by atoms with Crippen molar-refractivity contribution in [2.75, 3.05) is 0 Å². The lowest BCUT2D eigenvalue weighted by Gasteiger charge is -2.13. The van der Waals surface area contributed by atoms with Gasteiger partial charge >= 0.3 is 0 Å². The Bertz CT molecular complexity index is 726. The smallest absolute Gasteiger partial charge is 0.248 e. The van der Waals surface area contributed by atoms with E-state index in [0.717, 1.165) is 12.8 Å². The van der Waals surface area contributed by atoms with Gasteiger partial charge in [0.1, 0.15) is 6.54 Å². The largest absolute Gasteiger partial charge is 0.366 e. The van der Waals surface area contributed by atoms with Gasteiger partial charge in [-0.1, -0.05) is 44.7 Å². The highest BCUT2D eigenvalue weighted by Crippen LogP contribution is 2.14. The molecule has 0 aliphatic rings. The number of benzene rings is 1. The van der Waals surface area contributed by atoms with E-state index in [0.29, 0.717) is 17.0 Å². The third-order valence-corrected chi connectivity index (χ3v) is 4.06. The number of nitrogens with two attached hydrogens (primary N) is 1. The Morgan fingerprint density at radius 2 is 1.92 bits per heavy atom. The normalized spacial score (nSPS) is 11.9. The van der Waals surface area contributed by atoms with Crippen LogP contribution in [-0.2, 0) is 11.3 Å². The van der Waals surface area contributed by atoms with E-state index in [4.69, 9.17) is 5.73 Å². The molecule has 1 heterocycles. The van der Waals surface area contributed by atoms with Crippen LogP contribution in [0.25, 0.3) is 11.4 Å². The summed E-state index contributed by atoms with van der Waals surface area (Å²) >= 11 is 0. The minimum absolute atomic E-state index is 0.0195. The molecule has 0 aliphatic heterocycles. The molecule has 0 radical (unpaired) electrons. The summed E-state index contributed by atoms with van der Waals surface area (Å²) in [5.41, 5.74) is 6.33. The van der Waals surface area contributed by atoms with Crippen LogP contribution in [-0.4, -0.2) is 38.1 Å². The van der Waals surface area contributed by atoms with Gasteiger partial charge < -0.3 is 11.1 Å². The van der Waals surface area contributed by atoms with Gasteiger partial charge in [0.05, 0.1) is 0 Å². The third-order valence-electron chi connectivity index (χ3n) is 4.06. The van der Waals surface area contributed by atoms with E-state index < -0.39 is 5.91 Å². The molecule has 0 bridgehead atoms. The van der Waals surface area contributed by atoms with Gasteiger partial charge in [-0.25, -0.2) is 0 Å². The number of primary amides is 1. The van der Waals surface area contributed by atoms with Crippen molar-refractivity contribution in [1.29, 1.82) is 0 Å². The fourth-order valence-corrected chi connectivity index (χ4v) is 2.61. The summed E-state index contributed by atoms with van der Waals surface area (Å²) in [6.07, 6.45) is 5.70. The molecule has 0 spiro atoms. The lowest BCUT2D eigenvalue weighted by molar-refractivity contribution is -0.122. The standard InChI is InChI=1S/C18H26N6O2/c1-3-4-5-6-7-13(2)20-16(25)12-24-22-18(21-23-24)15-10-8-14(9-11-15)17(19)26/h8-11,13H,3-7,12H2,1-2H3,(H2,19,26)(H,20,25)/t13-/m0/s1. The molecule has 0 saturated carbocycles. The number of hydrogen-bond donors (Lipinski definition) is 2. The second kappa shape index (κ2) is 9.65. The summed E-state index contributed by atoms with van der Waals surface area (Å²) in [4.78, 5) is 24.4. The Hall–Kier alpha value is -2.77. The van der Waals surface area contributed by atoms with E-state index in [-0.39, 0.29) is 18.5 Å². The van der Waals surface area contributed by atoms with Crippen molar-refractivity contribution in [2.45, 2.75) is 58.5 Å². The molecule has 2 amide bonds. The summed E-state index contributed by atoms with van der Waals surface area (Å²) in [6.45, 7) is 4.20. The molecule has 0 fully saturated rings. The highest BCUT2D eigenvalue weighted by Gasteiger charge is 2.12.